The van der Waals surface area contributed by atoms with Crippen LogP contribution in [-0.4, -0.2) is 17.4 Å². The van der Waals surface area contributed by atoms with E-state index in [0.29, 0.717) is 17.9 Å². The van der Waals surface area contributed by atoms with E-state index in [0.717, 1.165) is 21.8 Å². The van der Waals surface area contributed by atoms with E-state index in [1.165, 1.54) is 0 Å². The Morgan fingerprint density at radius 2 is 2.05 bits per heavy atom. The quantitative estimate of drug-likeness (QED) is 0.787. The normalized spacial score (nSPS) is 10.7. The van der Waals surface area contributed by atoms with Crippen LogP contribution in [0, 0.1) is 0 Å². The summed E-state index contributed by atoms with van der Waals surface area (Å²) in [4.78, 5) is 16.0. The third-order valence-corrected chi connectivity index (χ3v) is 3.87. The maximum Gasteiger partial charge on any atom is 0.287 e. The second-order valence-corrected chi connectivity index (χ2v) is 5.48. The Bertz CT molecular complexity index is 768. The molecule has 0 bridgehead atoms. The average Bonchev–Trinajstić information content (AvgIpc) is 2.94. The van der Waals surface area contributed by atoms with Gasteiger partial charge in [0.1, 0.15) is 5.58 Å². The summed E-state index contributed by atoms with van der Waals surface area (Å²) < 4.78 is 6.48. The summed E-state index contributed by atoms with van der Waals surface area (Å²) in [6.45, 7) is 0.557. The number of carbonyl (C=O) groups is 1. The summed E-state index contributed by atoms with van der Waals surface area (Å²) >= 11 is 3.44. The van der Waals surface area contributed by atoms with Crippen LogP contribution in [0.1, 0.15) is 16.1 Å². The fourth-order valence-corrected chi connectivity index (χ4v) is 2.56. The first kappa shape index (κ1) is 13.8. The molecule has 0 unspecified atom stereocenters. The van der Waals surface area contributed by atoms with Crippen molar-refractivity contribution in [2.24, 2.45) is 0 Å². The van der Waals surface area contributed by atoms with Gasteiger partial charge in [-0.1, -0.05) is 22.0 Å². The first-order valence-electron chi connectivity index (χ1n) is 6.59. The number of carbonyl (C=O) groups excluding carboxylic acids is 1. The van der Waals surface area contributed by atoms with Gasteiger partial charge in [-0.3, -0.25) is 9.78 Å². The van der Waals surface area contributed by atoms with Crippen molar-refractivity contribution in [2.75, 3.05) is 6.54 Å². The molecule has 1 aromatic carbocycles. The molecule has 0 saturated carbocycles. The number of amides is 1. The van der Waals surface area contributed by atoms with Crippen molar-refractivity contribution in [1.82, 2.24) is 10.3 Å². The lowest BCUT2D eigenvalue weighted by molar-refractivity contribution is 0.0928. The largest absolute Gasteiger partial charge is 0.451 e. The summed E-state index contributed by atoms with van der Waals surface area (Å²) in [5, 5.41) is 3.76. The SMILES string of the molecule is O=C(NCCc1ccncc1)c1cc2c(Br)cccc2o1. The monoisotopic (exact) mass is 344 g/mol. The molecule has 2 aromatic heterocycles. The summed E-state index contributed by atoms with van der Waals surface area (Å²) in [5.74, 6) is 0.124. The van der Waals surface area contributed by atoms with Gasteiger partial charge in [-0.2, -0.15) is 0 Å². The number of aromatic nitrogens is 1. The molecule has 3 aromatic rings. The van der Waals surface area contributed by atoms with E-state index in [1.54, 1.807) is 18.5 Å². The minimum absolute atomic E-state index is 0.202. The second kappa shape index (κ2) is 6.10. The van der Waals surface area contributed by atoms with Crippen molar-refractivity contribution in [3.05, 3.63) is 64.6 Å². The molecular weight excluding hydrogens is 332 g/mol. The van der Waals surface area contributed by atoms with E-state index in [1.807, 2.05) is 30.3 Å². The highest BCUT2D eigenvalue weighted by molar-refractivity contribution is 9.10. The van der Waals surface area contributed by atoms with Crippen LogP contribution >= 0.6 is 15.9 Å². The van der Waals surface area contributed by atoms with Gasteiger partial charge < -0.3 is 9.73 Å². The van der Waals surface area contributed by atoms with Crippen LogP contribution in [0.4, 0.5) is 0 Å². The van der Waals surface area contributed by atoms with E-state index in [2.05, 4.69) is 26.2 Å². The number of nitrogens with zero attached hydrogens (tertiary/aromatic N) is 1. The van der Waals surface area contributed by atoms with Crippen molar-refractivity contribution in [2.45, 2.75) is 6.42 Å². The van der Waals surface area contributed by atoms with Crippen molar-refractivity contribution < 1.29 is 9.21 Å². The molecule has 0 fully saturated rings. The summed E-state index contributed by atoms with van der Waals surface area (Å²) in [6, 6.07) is 11.3. The van der Waals surface area contributed by atoms with E-state index in [4.69, 9.17) is 4.42 Å². The van der Waals surface area contributed by atoms with Gasteiger partial charge in [-0.05, 0) is 42.3 Å². The zero-order valence-electron chi connectivity index (χ0n) is 11.2. The second-order valence-electron chi connectivity index (χ2n) is 4.62. The molecular formula is C16H13BrN2O2. The highest BCUT2D eigenvalue weighted by Crippen LogP contribution is 2.26. The maximum absolute atomic E-state index is 12.1. The average molecular weight is 345 g/mol. The summed E-state index contributed by atoms with van der Waals surface area (Å²) in [5.41, 5.74) is 1.83. The predicted molar refractivity (Wildman–Crippen MR) is 84.2 cm³/mol. The van der Waals surface area contributed by atoms with Gasteiger partial charge in [0.2, 0.25) is 0 Å². The molecule has 0 atom stereocenters. The molecule has 21 heavy (non-hydrogen) atoms. The van der Waals surface area contributed by atoms with Crippen LogP contribution in [0.2, 0.25) is 0 Å². The highest BCUT2D eigenvalue weighted by Gasteiger charge is 2.13. The molecule has 5 heteroatoms. The number of furan rings is 1. The third-order valence-electron chi connectivity index (χ3n) is 3.18. The van der Waals surface area contributed by atoms with Gasteiger partial charge in [0.05, 0.1) is 0 Å². The highest BCUT2D eigenvalue weighted by atomic mass is 79.9. The number of halogens is 1. The topological polar surface area (TPSA) is 55.1 Å². The Kier molecular flexibility index (Phi) is 4.01. The molecule has 3 rings (SSSR count). The van der Waals surface area contributed by atoms with Gasteiger partial charge in [0.15, 0.2) is 5.76 Å². The van der Waals surface area contributed by atoms with E-state index >= 15 is 0 Å². The summed E-state index contributed by atoms with van der Waals surface area (Å²) in [7, 11) is 0. The molecule has 4 nitrogen and oxygen atoms in total. The molecule has 106 valence electrons. The van der Waals surface area contributed by atoms with E-state index in [-0.39, 0.29) is 5.91 Å². The molecule has 0 radical (unpaired) electrons. The molecule has 0 aliphatic heterocycles. The smallest absolute Gasteiger partial charge is 0.287 e. The van der Waals surface area contributed by atoms with Crippen LogP contribution in [0.3, 0.4) is 0 Å². The Labute approximate surface area is 130 Å². The first-order valence-corrected chi connectivity index (χ1v) is 7.38. The minimum atomic E-state index is -0.202. The maximum atomic E-state index is 12.1. The molecule has 0 aliphatic carbocycles. The van der Waals surface area contributed by atoms with Crippen molar-refractivity contribution in [3.8, 4) is 0 Å². The number of hydrogen-bond acceptors (Lipinski definition) is 3. The molecule has 1 amide bonds. The molecule has 0 spiro atoms. The number of nitrogens with one attached hydrogen (secondary N) is 1. The Balaban J connectivity index is 1.65. The van der Waals surface area contributed by atoms with Crippen molar-refractivity contribution in [1.29, 1.82) is 0 Å². The molecule has 0 saturated heterocycles. The van der Waals surface area contributed by atoms with Crippen LogP contribution in [0.5, 0.6) is 0 Å². The number of pyridine rings is 1. The van der Waals surface area contributed by atoms with Gasteiger partial charge in [0.25, 0.3) is 5.91 Å². The van der Waals surface area contributed by atoms with E-state index in [9.17, 15) is 4.79 Å². The first-order chi connectivity index (χ1) is 10.2. The van der Waals surface area contributed by atoms with Crippen molar-refractivity contribution >= 4 is 32.8 Å². The number of fused-ring (bicyclic) bond motifs is 1. The lowest BCUT2D eigenvalue weighted by Crippen LogP contribution is -2.25. The van der Waals surface area contributed by atoms with Gasteiger partial charge in [-0.15, -0.1) is 0 Å². The van der Waals surface area contributed by atoms with Gasteiger partial charge in [0, 0.05) is 28.8 Å². The lowest BCUT2D eigenvalue weighted by atomic mass is 10.2. The van der Waals surface area contributed by atoms with Gasteiger partial charge >= 0.3 is 0 Å². The van der Waals surface area contributed by atoms with Crippen LogP contribution in [0.15, 0.2) is 57.7 Å². The minimum Gasteiger partial charge on any atom is -0.451 e. The zero-order chi connectivity index (χ0) is 14.7. The fraction of sp³-hybridized carbons (Fsp3) is 0.125. The predicted octanol–water partition coefficient (Wildman–Crippen LogP) is 3.56. The zero-order valence-corrected chi connectivity index (χ0v) is 12.8. The Hall–Kier alpha value is -2.14. The molecule has 0 aliphatic rings. The number of hydrogen-bond donors (Lipinski definition) is 1. The van der Waals surface area contributed by atoms with E-state index < -0.39 is 0 Å². The molecule has 2 heterocycles. The molecule has 1 N–H and O–H groups in total. The Morgan fingerprint density at radius 3 is 2.81 bits per heavy atom. The Morgan fingerprint density at radius 1 is 1.24 bits per heavy atom. The lowest BCUT2D eigenvalue weighted by Gasteiger charge is -2.02. The standard InChI is InChI=1S/C16H13BrN2O2/c17-13-2-1-3-14-12(13)10-15(21-14)16(20)19-9-6-11-4-7-18-8-5-11/h1-5,7-8,10H,6,9H2,(H,19,20). The number of rotatable bonds is 4. The van der Waals surface area contributed by atoms with Crippen LogP contribution in [0.25, 0.3) is 11.0 Å². The van der Waals surface area contributed by atoms with Crippen molar-refractivity contribution in [3.63, 3.8) is 0 Å². The third kappa shape index (κ3) is 3.13. The number of benzene rings is 1. The van der Waals surface area contributed by atoms with Gasteiger partial charge in [-0.25, -0.2) is 0 Å². The van der Waals surface area contributed by atoms with Crippen LogP contribution in [-0.2, 0) is 6.42 Å². The summed E-state index contributed by atoms with van der Waals surface area (Å²) in [6.07, 6.45) is 4.25. The fourth-order valence-electron chi connectivity index (χ4n) is 2.09. The van der Waals surface area contributed by atoms with Crippen LogP contribution < -0.4 is 5.32 Å².